The number of benzene rings is 1. The lowest BCUT2D eigenvalue weighted by molar-refractivity contribution is -0.137. The van der Waals surface area contributed by atoms with Gasteiger partial charge >= 0.3 is 5.97 Å². The molecule has 1 aliphatic heterocycles. The van der Waals surface area contributed by atoms with Gasteiger partial charge in [-0.3, -0.25) is 4.79 Å². The molecule has 0 aliphatic carbocycles. The number of aliphatic carboxylic acids is 1. The fraction of sp³-hybridized carbons (Fsp3) is 0.500. The standard InChI is InChI=1S/C14H18O5/c1-10(2-5-14(15)16)17-7-6-11-3-4-12-13(8-11)19-9-18-12/h3-4,8,10H,2,5-7,9H2,1H3,(H,15,16). The van der Waals surface area contributed by atoms with Crippen LogP contribution in [0.15, 0.2) is 18.2 Å². The molecular weight excluding hydrogens is 248 g/mol. The summed E-state index contributed by atoms with van der Waals surface area (Å²) < 4.78 is 16.1. The summed E-state index contributed by atoms with van der Waals surface area (Å²) in [7, 11) is 0. The van der Waals surface area contributed by atoms with Crippen LogP contribution in [0.25, 0.3) is 0 Å². The molecule has 1 unspecified atom stereocenters. The summed E-state index contributed by atoms with van der Waals surface area (Å²) in [5.74, 6) is 0.766. The Morgan fingerprint density at radius 3 is 3.00 bits per heavy atom. The molecule has 0 spiro atoms. The van der Waals surface area contributed by atoms with Gasteiger partial charge in [0.05, 0.1) is 12.7 Å². The minimum Gasteiger partial charge on any atom is -0.481 e. The third kappa shape index (κ3) is 4.13. The van der Waals surface area contributed by atoms with E-state index in [0.717, 1.165) is 23.5 Å². The summed E-state index contributed by atoms with van der Waals surface area (Å²) in [5.41, 5.74) is 1.12. The first-order valence-corrected chi connectivity index (χ1v) is 6.37. The van der Waals surface area contributed by atoms with Gasteiger partial charge in [-0.2, -0.15) is 0 Å². The fourth-order valence-corrected chi connectivity index (χ4v) is 1.88. The Labute approximate surface area is 112 Å². The van der Waals surface area contributed by atoms with Crippen LogP contribution in [0.2, 0.25) is 0 Å². The van der Waals surface area contributed by atoms with Crippen LogP contribution in [0, 0.1) is 0 Å². The molecule has 0 aromatic heterocycles. The molecular formula is C14H18O5. The van der Waals surface area contributed by atoms with Gasteiger partial charge in [0.25, 0.3) is 0 Å². The average Bonchev–Trinajstić information content (AvgIpc) is 2.83. The number of fused-ring (bicyclic) bond motifs is 1. The van der Waals surface area contributed by atoms with Crippen LogP contribution in [0.4, 0.5) is 0 Å². The third-order valence-corrected chi connectivity index (χ3v) is 2.99. The number of carboxylic acids is 1. The Kier molecular flexibility index (Phi) is 4.63. The van der Waals surface area contributed by atoms with Crippen LogP contribution in [0.5, 0.6) is 11.5 Å². The highest BCUT2D eigenvalue weighted by molar-refractivity contribution is 5.66. The quantitative estimate of drug-likeness (QED) is 0.819. The van der Waals surface area contributed by atoms with Crippen LogP contribution >= 0.6 is 0 Å². The van der Waals surface area contributed by atoms with Crippen LogP contribution in [0.3, 0.4) is 0 Å². The van der Waals surface area contributed by atoms with Crippen molar-refractivity contribution in [2.24, 2.45) is 0 Å². The summed E-state index contributed by atoms with van der Waals surface area (Å²) in [6.07, 6.45) is 1.42. The second-order valence-electron chi connectivity index (χ2n) is 4.55. The lowest BCUT2D eigenvalue weighted by Crippen LogP contribution is -2.12. The van der Waals surface area contributed by atoms with E-state index in [2.05, 4.69) is 0 Å². The molecule has 2 rings (SSSR count). The van der Waals surface area contributed by atoms with Crippen molar-refractivity contribution in [2.75, 3.05) is 13.4 Å². The zero-order chi connectivity index (χ0) is 13.7. The first kappa shape index (κ1) is 13.7. The monoisotopic (exact) mass is 266 g/mol. The summed E-state index contributed by atoms with van der Waals surface area (Å²) in [4.78, 5) is 10.4. The van der Waals surface area contributed by atoms with E-state index in [1.54, 1.807) is 0 Å². The molecule has 0 bridgehead atoms. The first-order valence-electron chi connectivity index (χ1n) is 6.37. The molecule has 0 saturated carbocycles. The van der Waals surface area contributed by atoms with Gasteiger partial charge in [0.1, 0.15) is 0 Å². The second kappa shape index (κ2) is 6.43. The van der Waals surface area contributed by atoms with E-state index in [0.29, 0.717) is 13.0 Å². The minimum atomic E-state index is -0.786. The van der Waals surface area contributed by atoms with Crippen LogP contribution in [0.1, 0.15) is 25.3 Å². The number of hydrogen-bond acceptors (Lipinski definition) is 4. The molecule has 0 amide bonds. The van der Waals surface area contributed by atoms with Crippen LogP contribution in [-0.4, -0.2) is 30.6 Å². The molecule has 104 valence electrons. The van der Waals surface area contributed by atoms with Gasteiger partial charge in [-0.25, -0.2) is 0 Å². The SMILES string of the molecule is CC(CCC(=O)O)OCCc1ccc2c(c1)OCO2. The van der Waals surface area contributed by atoms with Crippen molar-refractivity contribution < 1.29 is 24.1 Å². The van der Waals surface area contributed by atoms with Gasteiger partial charge in [-0.1, -0.05) is 6.07 Å². The molecule has 5 heteroatoms. The summed E-state index contributed by atoms with van der Waals surface area (Å²) in [5, 5.41) is 8.57. The van der Waals surface area contributed by atoms with Crippen molar-refractivity contribution >= 4 is 5.97 Å². The second-order valence-corrected chi connectivity index (χ2v) is 4.55. The topological polar surface area (TPSA) is 65.0 Å². The summed E-state index contributed by atoms with van der Waals surface area (Å²) in [6.45, 7) is 2.74. The lowest BCUT2D eigenvalue weighted by Gasteiger charge is -2.11. The predicted molar refractivity (Wildman–Crippen MR) is 68.6 cm³/mol. The Morgan fingerprint density at radius 1 is 1.42 bits per heavy atom. The minimum absolute atomic E-state index is 0.0369. The van der Waals surface area contributed by atoms with Gasteiger partial charge in [-0.05, 0) is 37.5 Å². The smallest absolute Gasteiger partial charge is 0.303 e. The van der Waals surface area contributed by atoms with E-state index in [1.807, 2.05) is 25.1 Å². The Bertz CT molecular complexity index is 443. The normalized spacial score (nSPS) is 14.4. The number of ether oxygens (including phenoxy) is 3. The van der Waals surface area contributed by atoms with Gasteiger partial charge in [0, 0.05) is 6.42 Å². The Morgan fingerprint density at radius 2 is 2.21 bits per heavy atom. The first-order chi connectivity index (χ1) is 9.15. The molecule has 5 nitrogen and oxygen atoms in total. The van der Waals surface area contributed by atoms with E-state index in [4.69, 9.17) is 19.3 Å². The van der Waals surface area contributed by atoms with Crippen LogP contribution in [-0.2, 0) is 16.0 Å². The summed E-state index contributed by atoms with van der Waals surface area (Å²) in [6, 6.07) is 5.83. The molecule has 1 aliphatic rings. The fourth-order valence-electron chi connectivity index (χ4n) is 1.88. The van der Waals surface area contributed by atoms with Crippen molar-refractivity contribution in [3.05, 3.63) is 23.8 Å². The van der Waals surface area contributed by atoms with Gasteiger partial charge in [-0.15, -0.1) is 0 Å². The van der Waals surface area contributed by atoms with E-state index >= 15 is 0 Å². The van der Waals surface area contributed by atoms with Crippen molar-refractivity contribution in [2.45, 2.75) is 32.3 Å². The van der Waals surface area contributed by atoms with Gasteiger partial charge in [0.15, 0.2) is 11.5 Å². The number of hydrogen-bond donors (Lipinski definition) is 1. The molecule has 0 saturated heterocycles. The number of rotatable bonds is 7. The molecule has 1 aromatic rings. The van der Waals surface area contributed by atoms with Crippen molar-refractivity contribution in [1.82, 2.24) is 0 Å². The summed E-state index contributed by atoms with van der Waals surface area (Å²) >= 11 is 0. The Balaban J connectivity index is 1.72. The lowest BCUT2D eigenvalue weighted by atomic mass is 10.1. The van der Waals surface area contributed by atoms with Crippen molar-refractivity contribution in [3.8, 4) is 11.5 Å². The predicted octanol–water partition coefficient (Wildman–Crippen LogP) is 2.23. The Hall–Kier alpha value is -1.75. The zero-order valence-corrected chi connectivity index (χ0v) is 10.9. The maximum Gasteiger partial charge on any atom is 0.303 e. The largest absolute Gasteiger partial charge is 0.481 e. The zero-order valence-electron chi connectivity index (χ0n) is 10.9. The highest BCUT2D eigenvalue weighted by atomic mass is 16.7. The van der Waals surface area contributed by atoms with E-state index in [-0.39, 0.29) is 19.3 Å². The maximum atomic E-state index is 10.4. The molecule has 1 N–H and O–H groups in total. The highest BCUT2D eigenvalue weighted by Gasteiger charge is 2.13. The van der Waals surface area contributed by atoms with E-state index in [9.17, 15) is 4.79 Å². The maximum absolute atomic E-state index is 10.4. The van der Waals surface area contributed by atoms with E-state index < -0.39 is 5.97 Å². The van der Waals surface area contributed by atoms with Gasteiger partial charge < -0.3 is 19.3 Å². The van der Waals surface area contributed by atoms with Crippen LogP contribution < -0.4 is 9.47 Å². The average molecular weight is 266 g/mol. The highest BCUT2D eigenvalue weighted by Crippen LogP contribution is 2.32. The third-order valence-electron chi connectivity index (χ3n) is 2.99. The molecule has 0 radical (unpaired) electrons. The molecule has 1 aromatic carbocycles. The van der Waals surface area contributed by atoms with E-state index in [1.165, 1.54) is 0 Å². The van der Waals surface area contributed by atoms with Gasteiger partial charge in [0.2, 0.25) is 6.79 Å². The molecule has 0 fully saturated rings. The van der Waals surface area contributed by atoms with Crippen molar-refractivity contribution in [3.63, 3.8) is 0 Å². The molecule has 1 atom stereocenters. The molecule has 19 heavy (non-hydrogen) atoms. The number of carboxylic acid groups (broad SMARTS) is 1. The van der Waals surface area contributed by atoms with Crippen molar-refractivity contribution in [1.29, 1.82) is 0 Å². The molecule has 1 heterocycles. The number of carbonyl (C=O) groups is 1.